The average Bonchev–Trinajstić information content (AvgIpc) is 2.18. The molecule has 1 aliphatic rings. The molecule has 1 aliphatic carbocycles. The Labute approximate surface area is 99.1 Å². The van der Waals surface area contributed by atoms with Crippen molar-refractivity contribution in [1.82, 2.24) is 5.32 Å². The Balaban J connectivity index is 1.77. The average molecular weight is 270 g/mol. The van der Waals surface area contributed by atoms with Crippen molar-refractivity contribution in [2.75, 3.05) is 7.11 Å². The van der Waals surface area contributed by atoms with Gasteiger partial charge in [0.1, 0.15) is 0 Å². The molecule has 0 radical (unpaired) electrons. The maximum Gasteiger partial charge on any atom is 0.0601 e. The van der Waals surface area contributed by atoms with Gasteiger partial charge in [0.05, 0.1) is 6.10 Å². The van der Waals surface area contributed by atoms with Crippen LogP contribution >= 0.6 is 15.9 Å². The van der Waals surface area contributed by atoms with Crippen LogP contribution in [-0.2, 0) is 11.3 Å². The lowest BCUT2D eigenvalue weighted by Crippen LogP contribution is -2.44. The summed E-state index contributed by atoms with van der Waals surface area (Å²) in [6, 6.07) is 8.96. The van der Waals surface area contributed by atoms with Gasteiger partial charge in [-0.2, -0.15) is 0 Å². The molecule has 0 heterocycles. The lowest BCUT2D eigenvalue weighted by atomic mass is 9.89. The van der Waals surface area contributed by atoms with Crippen molar-refractivity contribution in [2.45, 2.75) is 31.5 Å². The highest BCUT2D eigenvalue weighted by Crippen LogP contribution is 2.23. The van der Waals surface area contributed by atoms with E-state index < -0.39 is 0 Å². The number of methoxy groups -OCH3 is 1. The topological polar surface area (TPSA) is 21.3 Å². The molecule has 0 bridgehead atoms. The molecule has 2 nitrogen and oxygen atoms in total. The standard InChI is InChI=1S/C12H16BrNO/c1-15-11-6-10(7-11)14-8-9-4-2-3-5-12(9)13/h2-5,10-11,14H,6-8H2,1H3. The minimum atomic E-state index is 0.474. The van der Waals surface area contributed by atoms with E-state index in [1.165, 1.54) is 10.0 Å². The lowest BCUT2D eigenvalue weighted by molar-refractivity contribution is 0.0170. The van der Waals surface area contributed by atoms with Crippen molar-refractivity contribution in [3.63, 3.8) is 0 Å². The van der Waals surface area contributed by atoms with Crippen molar-refractivity contribution in [1.29, 1.82) is 0 Å². The summed E-state index contributed by atoms with van der Waals surface area (Å²) in [7, 11) is 1.79. The first-order valence-electron chi connectivity index (χ1n) is 5.29. The van der Waals surface area contributed by atoms with E-state index in [0.717, 1.165) is 19.4 Å². The normalized spacial score (nSPS) is 24.9. The molecule has 0 aliphatic heterocycles. The molecule has 1 saturated carbocycles. The zero-order chi connectivity index (χ0) is 10.7. The fourth-order valence-electron chi connectivity index (χ4n) is 1.82. The maximum absolute atomic E-state index is 5.24. The van der Waals surface area contributed by atoms with Gasteiger partial charge in [0.2, 0.25) is 0 Å². The van der Waals surface area contributed by atoms with Gasteiger partial charge < -0.3 is 10.1 Å². The molecule has 0 atom stereocenters. The fraction of sp³-hybridized carbons (Fsp3) is 0.500. The molecule has 0 spiro atoms. The first-order valence-corrected chi connectivity index (χ1v) is 6.08. The summed E-state index contributed by atoms with van der Waals surface area (Å²) in [4.78, 5) is 0. The van der Waals surface area contributed by atoms with E-state index in [1.54, 1.807) is 7.11 Å². The Hall–Kier alpha value is -0.380. The van der Waals surface area contributed by atoms with E-state index in [4.69, 9.17) is 4.74 Å². The van der Waals surface area contributed by atoms with Crippen molar-refractivity contribution >= 4 is 15.9 Å². The Morgan fingerprint density at radius 1 is 1.40 bits per heavy atom. The fourth-order valence-corrected chi connectivity index (χ4v) is 2.25. The Bertz CT molecular complexity index is 323. The van der Waals surface area contributed by atoms with E-state index in [2.05, 4.69) is 39.4 Å². The van der Waals surface area contributed by atoms with Gasteiger partial charge in [0.15, 0.2) is 0 Å². The van der Waals surface area contributed by atoms with Crippen molar-refractivity contribution in [3.8, 4) is 0 Å². The number of ether oxygens (including phenoxy) is 1. The zero-order valence-corrected chi connectivity index (χ0v) is 10.5. The monoisotopic (exact) mass is 269 g/mol. The number of rotatable bonds is 4. The van der Waals surface area contributed by atoms with Gasteiger partial charge in [-0.1, -0.05) is 34.1 Å². The van der Waals surface area contributed by atoms with Gasteiger partial charge in [-0.25, -0.2) is 0 Å². The lowest BCUT2D eigenvalue weighted by Gasteiger charge is -2.34. The second kappa shape index (κ2) is 5.10. The van der Waals surface area contributed by atoms with Gasteiger partial charge in [-0.15, -0.1) is 0 Å². The van der Waals surface area contributed by atoms with Crippen LogP contribution in [0.2, 0.25) is 0 Å². The molecule has 1 fully saturated rings. The van der Waals surface area contributed by atoms with Gasteiger partial charge in [0.25, 0.3) is 0 Å². The molecular formula is C12H16BrNO. The van der Waals surface area contributed by atoms with E-state index in [-0.39, 0.29) is 0 Å². The minimum Gasteiger partial charge on any atom is -0.381 e. The molecule has 1 aromatic carbocycles. The predicted octanol–water partition coefficient (Wildman–Crippen LogP) is 2.72. The highest BCUT2D eigenvalue weighted by molar-refractivity contribution is 9.10. The highest BCUT2D eigenvalue weighted by Gasteiger charge is 2.28. The molecule has 1 aromatic rings. The quantitative estimate of drug-likeness (QED) is 0.908. The third kappa shape index (κ3) is 2.80. The van der Waals surface area contributed by atoms with E-state index in [0.29, 0.717) is 12.1 Å². The predicted molar refractivity (Wildman–Crippen MR) is 64.8 cm³/mol. The summed E-state index contributed by atoms with van der Waals surface area (Å²) in [5.74, 6) is 0. The van der Waals surface area contributed by atoms with Crippen LogP contribution in [-0.4, -0.2) is 19.3 Å². The third-order valence-corrected chi connectivity index (χ3v) is 3.74. The van der Waals surface area contributed by atoms with Crippen molar-refractivity contribution in [3.05, 3.63) is 34.3 Å². The van der Waals surface area contributed by atoms with Gasteiger partial charge in [0, 0.05) is 24.2 Å². The first kappa shape index (κ1) is 11.1. The number of halogens is 1. The van der Waals surface area contributed by atoms with Gasteiger partial charge in [-0.05, 0) is 24.5 Å². The largest absolute Gasteiger partial charge is 0.381 e. The van der Waals surface area contributed by atoms with E-state index in [9.17, 15) is 0 Å². The molecule has 2 rings (SSSR count). The number of hydrogen-bond acceptors (Lipinski definition) is 2. The molecule has 0 amide bonds. The first-order chi connectivity index (χ1) is 7.29. The molecule has 0 aromatic heterocycles. The molecule has 82 valence electrons. The summed E-state index contributed by atoms with van der Waals surface area (Å²) in [6.07, 6.45) is 2.75. The van der Waals surface area contributed by atoms with Crippen LogP contribution in [0.15, 0.2) is 28.7 Å². The van der Waals surface area contributed by atoms with E-state index in [1.807, 2.05) is 6.07 Å². The van der Waals surface area contributed by atoms with Gasteiger partial charge >= 0.3 is 0 Å². The van der Waals surface area contributed by atoms with Crippen LogP contribution in [0.4, 0.5) is 0 Å². The van der Waals surface area contributed by atoms with Crippen LogP contribution in [0.3, 0.4) is 0 Å². The van der Waals surface area contributed by atoms with Gasteiger partial charge in [-0.3, -0.25) is 0 Å². The Morgan fingerprint density at radius 2 is 2.13 bits per heavy atom. The summed E-state index contributed by atoms with van der Waals surface area (Å²) in [6.45, 7) is 0.933. The number of hydrogen-bond donors (Lipinski definition) is 1. The summed E-state index contributed by atoms with van der Waals surface area (Å²) >= 11 is 3.55. The second-order valence-electron chi connectivity index (χ2n) is 4.00. The van der Waals surface area contributed by atoms with Crippen LogP contribution in [0.1, 0.15) is 18.4 Å². The van der Waals surface area contributed by atoms with Crippen LogP contribution < -0.4 is 5.32 Å². The smallest absolute Gasteiger partial charge is 0.0601 e. The maximum atomic E-state index is 5.24. The Kier molecular flexibility index (Phi) is 3.78. The van der Waals surface area contributed by atoms with Crippen LogP contribution in [0.25, 0.3) is 0 Å². The molecule has 0 unspecified atom stereocenters. The van der Waals surface area contributed by atoms with Crippen molar-refractivity contribution < 1.29 is 4.74 Å². The van der Waals surface area contributed by atoms with E-state index >= 15 is 0 Å². The molecule has 15 heavy (non-hydrogen) atoms. The van der Waals surface area contributed by atoms with Crippen LogP contribution in [0.5, 0.6) is 0 Å². The molecule has 1 N–H and O–H groups in total. The third-order valence-electron chi connectivity index (χ3n) is 2.97. The SMILES string of the molecule is COC1CC(NCc2ccccc2Br)C1. The summed E-state index contributed by atoms with van der Waals surface area (Å²) in [5, 5.41) is 3.53. The number of benzene rings is 1. The highest BCUT2D eigenvalue weighted by atomic mass is 79.9. The summed E-state index contributed by atoms with van der Waals surface area (Å²) in [5.41, 5.74) is 1.32. The Morgan fingerprint density at radius 3 is 2.80 bits per heavy atom. The second-order valence-corrected chi connectivity index (χ2v) is 4.85. The number of nitrogens with one attached hydrogen (secondary N) is 1. The molecular weight excluding hydrogens is 254 g/mol. The molecule has 3 heteroatoms. The summed E-state index contributed by atoms with van der Waals surface area (Å²) < 4.78 is 6.42. The zero-order valence-electron chi connectivity index (χ0n) is 8.87. The minimum absolute atomic E-state index is 0.474. The van der Waals surface area contributed by atoms with Crippen molar-refractivity contribution in [2.24, 2.45) is 0 Å². The molecule has 0 saturated heterocycles. The van der Waals surface area contributed by atoms with Crippen LogP contribution in [0, 0.1) is 0 Å².